The van der Waals surface area contributed by atoms with E-state index in [0.717, 1.165) is 35.0 Å². The third-order valence-corrected chi connectivity index (χ3v) is 10.2. The Hall–Kier alpha value is -5.25. The monoisotopic (exact) mass is 678 g/mol. The first-order valence-corrected chi connectivity index (χ1v) is 17.3. The van der Waals surface area contributed by atoms with Gasteiger partial charge in [-0.3, -0.25) is 14.4 Å². The Bertz CT molecular complexity index is 2020. The van der Waals surface area contributed by atoms with E-state index in [1.165, 1.54) is 23.4 Å². The quantitative estimate of drug-likeness (QED) is 0.175. The number of nitrogens with zero attached hydrogens (tertiary/aromatic N) is 1. The van der Waals surface area contributed by atoms with Crippen LogP contribution in [0, 0.1) is 5.92 Å². The molecule has 0 saturated heterocycles. The molecule has 3 atom stereocenters. The van der Waals surface area contributed by atoms with Crippen LogP contribution in [-0.2, 0) is 16.0 Å². The Balaban J connectivity index is 1.36. The second kappa shape index (κ2) is 14.7. The minimum atomic E-state index is -0.615. The summed E-state index contributed by atoms with van der Waals surface area (Å²) in [7, 11) is 4.71. The van der Waals surface area contributed by atoms with E-state index in [0.29, 0.717) is 54.4 Å². The van der Waals surface area contributed by atoms with Gasteiger partial charge in [0.1, 0.15) is 6.04 Å². The molecule has 1 aliphatic heterocycles. The number of hydrogen-bond donors (Lipinski definition) is 3. The number of ether oxygens (including phenoxy) is 3. The number of aryl methyl sites for hydroxylation is 1. The van der Waals surface area contributed by atoms with Gasteiger partial charge in [-0.2, -0.15) is 0 Å². The lowest BCUT2D eigenvalue weighted by Gasteiger charge is -2.33. The molecule has 0 bridgehead atoms. The van der Waals surface area contributed by atoms with Crippen LogP contribution in [0.15, 0.2) is 65.6 Å². The molecule has 10 nitrogen and oxygen atoms in total. The topological polar surface area (TPSA) is 122 Å². The van der Waals surface area contributed by atoms with Crippen LogP contribution < -0.4 is 30.3 Å². The standard InChI is InChI=1S/C40H46N4O6/c1-7-23(2)37(40(47)44-18-16-25(17-19-44)30-22-41-31-11-9-8-10-27(30)31)43-33-15-13-28-29(21-34(33)46)32(42-24(3)45)14-12-26-20-35(48-4)38(49-5)39(50-6)36(26)28/h8-11,13,15-16,20-23,32,37,41H,7,12,14,17-19H2,1-6H3,(H,42,45)(H,43,46)/t23-,32+,37+/m1/s1. The first-order valence-electron chi connectivity index (χ1n) is 17.3. The van der Waals surface area contributed by atoms with Crippen molar-refractivity contribution in [2.75, 3.05) is 39.7 Å². The number of para-hydroxylation sites is 1. The molecule has 2 aliphatic rings. The van der Waals surface area contributed by atoms with Crippen molar-refractivity contribution in [3.8, 4) is 28.4 Å². The molecule has 50 heavy (non-hydrogen) atoms. The van der Waals surface area contributed by atoms with E-state index >= 15 is 0 Å². The smallest absolute Gasteiger partial charge is 0.245 e. The summed E-state index contributed by atoms with van der Waals surface area (Å²) in [5.41, 5.74) is 6.64. The van der Waals surface area contributed by atoms with Crippen molar-refractivity contribution >= 4 is 34.0 Å². The summed E-state index contributed by atoms with van der Waals surface area (Å²) in [6.45, 7) is 6.62. The first-order chi connectivity index (χ1) is 24.2. The molecule has 0 fully saturated rings. The zero-order valence-corrected chi connectivity index (χ0v) is 29.6. The molecule has 1 aromatic heterocycles. The van der Waals surface area contributed by atoms with Crippen LogP contribution in [0.2, 0.25) is 0 Å². The maximum absolute atomic E-state index is 14.2. The molecule has 4 aromatic rings. The Morgan fingerprint density at radius 1 is 1.00 bits per heavy atom. The van der Waals surface area contributed by atoms with Crippen molar-refractivity contribution < 1.29 is 23.8 Å². The van der Waals surface area contributed by atoms with Crippen LogP contribution in [0.25, 0.3) is 27.6 Å². The van der Waals surface area contributed by atoms with Crippen LogP contribution in [-0.4, -0.2) is 62.2 Å². The molecule has 2 heterocycles. The average molecular weight is 679 g/mol. The molecule has 0 unspecified atom stereocenters. The lowest BCUT2D eigenvalue weighted by atomic mass is 9.95. The number of carbonyl (C=O) groups excluding carboxylic acids is 2. The van der Waals surface area contributed by atoms with Crippen LogP contribution in [0.4, 0.5) is 5.69 Å². The largest absolute Gasteiger partial charge is 0.493 e. The number of anilines is 1. The van der Waals surface area contributed by atoms with Crippen molar-refractivity contribution in [1.29, 1.82) is 0 Å². The van der Waals surface area contributed by atoms with Crippen molar-refractivity contribution in [3.05, 3.63) is 87.7 Å². The highest BCUT2D eigenvalue weighted by Gasteiger charge is 2.32. The lowest BCUT2D eigenvalue weighted by Crippen LogP contribution is -2.48. The van der Waals surface area contributed by atoms with Gasteiger partial charge in [0.05, 0.1) is 33.1 Å². The van der Waals surface area contributed by atoms with Crippen LogP contribution in [0.5, 0.6) is 17.2 Å². The van der Waals surface area contributed by atoms with Gasteiger partial charge in [0.15, 0.2) is 11.5 Å². The van der Waals surface area contributed by atoms with Crippen LogP contribution in [0.1, 0.15) is 62.8 Å². The van der Waals surface area contributed by atoms with E-state index in [9.17, 15) is 14.4 Å². The van der Waals surface area contributed by atoms with Gasteiger partial charge < -0.3 is 34.7 Å². The lowest BCUT2D eigenvalue weighted by molar-refractivity contribution is -0.132. The maximum atomic E-state index is 14.2. The van der Waals surface area contributed by atoms with E-state index in [1.54, 1.807) is 33.5 Å². The third-order valence-electron chi connectivity index (χ3n) is 10.2. The molecule has 6 rings (SSSR count). The molecular weight excluding hydrogens is 632 g/mol. The SMILES string of the molecule is CC[C@@H](C)[C@H](Nc1ccc2c(cc1=O)[C@@H](NC(C)=O)CCc1cc(OC)c(OC)c(OC)c1-2)C(=O)N1CC=C(c2c[nH]c3ccccc23)CC1. The van der Waals surface area contributed by atoms with Crippen LogP contribution in [0.3, 0.4) is 0 Å². The second-order valence-electron chi connectivity index (χ2n) is 13.1. The highest BCUT2D eigenvalue weighted by Crippen LogP contribution is 2.50. The number of hydrogen-bond acceptors (Lipinski definition) is 7. The summed E-state index contributed by atoms with van der Waals surface area (Å²) in [4.78, 5) is 45.8. The van der Waals surface area contributed by atoms with Crippen molar-refractivity contribution in [3.63, 3.8) is 0 Å². The molecule has 10 heteroatoms. The summed E-state index contributed by atoms with van der Waals surface area (Å²) < 4.78 is 17.3. The highest BCUT2D eigenvalue weighted by atomic mass is 16.5. The zero-order valence-electron chi connectivity index (χ0n) is 29.6. The number of aromatic amines is 1. The Morgan fingerprint density at radius 3 is 2.46 bits per heavy atom. The number of aromatic nitrogens is 1. The Morgan fingerprint density at radius 2 is 1.78 bits per heavy atom. The predicted octanol–water partition coefficient (Wildman–Crippen LogP) is 6.49. The molecule has 262 valence electrons. The van der Waals surface area contributed by atoms with Gasteiger partial charge in [0.2, 0.25) is 23.0 Å². The highest BCUT2D eigenvalue weighted by molar-refractivity contribution is 5.93. The number of methoxy groups -OCH3 is 3. The van der Waals surface area contributed by atoms with E-state index in [1.807, 2.05) is 49.2 Å². The molecule has 3 N–H and O–H groups in total. The molecule has 0 saturated carbocycles. The fraction of sp³-hybridized carbons (Fsp3) is 0.375. The summed E-state index contributed by atoms with van der Waals surface area (Å²) in [6.07, 6.45) is 6.82. The molecule has 0 radical (unpaired) electrons. The summed E-state index contributed by atoms with van der Waals surface area (Å²) in [5.74, 6) is 1.17. The predicted molar refractivity (Wildman–Crippen MR) is 197 cm³/mol. The molecule has 0 spiro atoms. The zero-order chi connectivity index (χ0) is 35.5. The summed E-state index contributed by atoms with van der Waals surface area (Å²) in [5, 5.41) is 7.60. The Labute approximate surface area is 292 Å². The minimum absolute atomic E-state index is 0.0407. The molecular formula is C40H46N4O6. The van der Waals surface area contributed by atoms with Gasteiger partial charge in [-0.25, -0.2) is 0 Å². The normalized spacial score (nSPS) is 16.6. The molecule has 3 aromatic carbocycles. The van der Waals surface area contributed by atoms with Gasteiger partial charge >= 0.3 is 0 Å². The van der Waals surface area contributed by atoms with Gasteiger partial charge in [-0.1, -0.05) is 50.6 Å². The minimum Gasteiger partial charge on any atom is -0.493 e. The van der Waals surface area contributed by atoms with E-state index in [2.05, 4.69) is 33.8 Å². The first kappa shape index (κ1) is 34.6. The van der Waals surface area contributed by atoms with E-state index in [-0.39, 0.29) is 23.2 Å². The fourth-order valence-electron chi connectivity index (χ4n) is 7.33. The van der Waals surface area contributed by atoms with Gasteiger partial charge in [0.25, 0.3) is 0 Å². The third kappa shape index (κ3) is 6.54. The summed E-state index contributed by atoms with van der Waals surface area (Å²) in [6, 6.07) is 14.3. The number of benzene rings is 2. The average Bonchev–Trinajstić information content (AvgIpc) is 3.43. The van der Waals surface area contributed by atoms with E-state index < -0.39 is 12.1 Å². The van der Waals surface area contributed by atoms with Gasteiger partial charge in [0, 0.05) is 48.2 Å². The van der Waals surface area contributed by atoms with Crippen molar-refractivity contribution in [1.82, 2.24) is 15.2 Å². The van der Waals surface area contributed by atoms with Crippen LogP contribution >= 0.6 is 0 Å². The number of carbonyl (C=O) groups is 2. The second-order valence-corrected chi connectivity index (χ2v) is 13.1. The number of H-pyrrole nitrogens is 1. The van der Waals surface area contributed by atoms with Crippen molar-refractivity contribution in [2.24, 2.45) is 5.92 Å². The summed E-state index contributed by atoms with van der Waals surface area (Å²) >= 11 is 0. The Kier molecular flexibility index (Phi) is 10.2. The van der Waals surface area contributed by atoms with Gasteiger partial charge in [-0.05, 0) is 71.7 Å². The van der Waals surface area contributed by atoms with E-state index in [4.69, 9.17) is 14.2 Å². The maximum Gasteiger partial charge on any atom is 0.245 e. The molecule has 1 aliphatic carbocycles. The van der Waals surface area contributed by atoms with Gasteiger partial charge in [-0.15, -0.1) is 0 Å². The number of amides is 2. The molecule has 2 amide bonds. The number of fused-ring (bicyclic) bond motifs is 4. The number of rotatable bonds is 10. The number of nitrogens with one attached hydrogen (secondary N) is 3. The van der Waals surface area contributed by atoms with Crippen molar-refractivity contribution in [2.45, 2.75) is 58.5 Å². The fourth-order valence-corrected chi connectivity index (χ4v) is 7.33.